The summed E-state index contributed by atoms with van der Waals surface area (Å²) in [5.41, 5.74) is 2.13. The molecule has 0 bridgehead atoms. The van der Waals surface area contributed by atoms with E-state index in [0.29, 0.717) is 5.56 Å². The molecule has 1 atom stereocenters. The Morgan fingerprint density at radius 2 is 1.63 bits per heavy atom. The van der Waals surface area contributed by atoms with Crippen molar-refractivity contribution in [3.63, 3.8) is 0 Å². The van der Waals surface area contributed by atoms with Crippen LogP contribution in [0, 0.1) is 0 Å². The van der Waals surface area contributed by atoms with Gasteiger partial charge in [-0.25, -0.2) is 0 Å². The molecule has 96 valence electrons. The first-order valence-corrected chi connectivity index (χ1v) is 6.50. The summed E-state index contributed by atoms with van der Waals surface area (Å²) in [6.07, 6.45) is 0.775. The topological polar surface area (TPSA) is 41.1 Å². The van der Waals surface area contributed by atoms with Crippen LogP contribution in [-0.2, 0) is 5.66 Å². The molecule has 1 aliphatic rings. The number of anilines is 1. The van der Waals surface area contributed by atoms with Crippen molar-refractivity contribution < 1.29 is 4.79 Å². The second-order valence-electron chi connectivity index (χ2n) is 4.75. The summed E-state index contributed by atoms with van der Waals surface area (Å²) >= 11 is 0. The molecule has 3 nitrogen and oxygen atoms in total. The number of benzene rings is 2. The minimum absolute atomic E-state index is 0.0277. The molecule has 0 saturated carbocycles. The maximum atomic E-state index is 12.3. The van der Waals surface area contributed by atoms with E-state index in [9.17, 15) is 4.79 Å². The minimum atomic E-state index is -0.521. The second kappa shape index (κ2) is 4.43. The lowest BCUT2D eigenvalue weighted by molar-refractivity contribution is 0.0896. The lowest BCUT2D eigenvalue weighted by atomic mass is 9.92. The zero-order chi connectivity index (χ0) is 13.3. The van der Waals surface area contributed by atoms with Crippen LogP contribution < -0.4 is 10.6 Å². The van der Waals surface area contributed by atoms with Crippen molar-refractivity contribution in [2.45, 2.75) is 19.0 Å². The monoisotopic (exact) mass is 252 g/mol. The number of carbonyl (C=O) groups excluding carboxylic acids is 1. The van der Waals surface area contributed by atoms with Crippen molar-refractivity contribution in [2.75, 3.05) is 5.32 Å². The first-order chi connectivity index (χ1) is 9.25. The molecule has 1 heterocycles. The second-order valence-corrected chi connectivity index (χ2v) is 4.75. The Hall–Kier alpha value is -2.29. The molecule has 0 unspecified atom stereocenters. The molecule has 1 amide bonds. The summed E-state index contributed by atoms with van der Waals surface area (Å²) in [6.45, 7) is 2.06. The predicted molar refractivity (Wildman–Crippen MR) is 75.9 cm³/mol. The van der Waals surface area contributed by atoms with E-state index in [1.165, 1.54) is 0 Å². The van der Waals surface area contributed by atoms with Crippen LogP contribution in [0.25, 0.3) is 0 Å². The summed E-state index contributed by atoms with van der Waals surface area (Å²) in [4.78, 5) is 12.3. The third kappa shape index (κ3) is 1.87. The quantitative estimate of drug-likeness (QED) is 0.862. The predicted octanol–water partition coefficient (Wildman–Crippen LogP) is 3.10. The highest BCUT2D eigenvalue weighted by atomic mass is 16.2. The molecule has 3 rings (SSSR count). The highest BCUT2D eigenvalue weighted by Crippen LogP contribution is 2.33. The fourth-order valence-corrected chi connectivity index (χ4v) is 2.56. The van der Waals surface area contributed by atoms with E-state index in [0.717, 1.165) is 17.7 Å². The maximum absolute atomic E-state index is 12.3. The molecule has 3 heteroatoms. The van der Waals surface area contributed by atoms with Crippen molar-refractivity contribution in [1.82, 2.24) is 5.32 Å². The van der Waals surface area contributed by atoms with Gasteiger partial charge in [0.15, 0.2) is 0 Å². The zero-order valence-corrected chi connectivity index (χ0v) is 10.8. The number of hydrogen-bond acceptors (Lipinski definition) is 2. The molecule has 19 heavy (non-hydrogen) atoms. The van der Waals surface area contributed by atoms with Gasteiger partial charge in [0.1, 0.15) is 5.66 Å². The number of rotatable bonds is 2. The van der Waals surface area contributed by atoms with Crippen LogP contribution in [0.4, 0.5) is 5.69 Å². The Morgan fingerprint density at radius 3 is 2.37 bits per heavy atom. The molecule has 0 aromatic heterocycles. The SMILES string of the molecule is CC[C@@]1(c2ccccc2)NC(=O)c2ccccc2N1. The third-order valence-corrected chi connectivity index (χ3v) is 3.64. The van der Waals surface area contributed by atoms with Gasteiger partial charge in [-0.3, -0.25) is 4.79 Å². The highest BCUT2D eigenvalue weighted by molar-refractivity contribution is 6.02. The first kappa shape index (κ1) is 11.8. The van der Waals surface area contributed by atoms with Crippen molar-refractivity contribution in [3.8, 4) is 0 Å². The molecular weight excluding hydrogens is 236 g/mol. The van der Waals surface area contributed by atoms with Crippen LogP contribution in [0.2, 0.25) is 0 Å². The molecule has 0 radical (unpaired) electrons. The Bertz CT molecular complexity index is 609. The van der Waals surface area contributed by atoms with Gasteiger partial charge in [-0.1, -0.05) is 49.4 Å². The Labute approximate surface area is 112 Å². The van der Waals surface area contributed by atoms with Crippen molar-refractivity contribution >= 4 is 11.6 Å². The van der Waals surface area contributed by atoms with E-state index in [4.69, 9.17) is 0 Å². The molecule has 0 fully saturated rings. The largest absolute Gasteiger partial charge is 0.358 e. The third-order valence-electron chi connectivity index (χ3n) is 3.64. The molecule has 0 aliphatic carbocycles. The summed E-state index contributed by atoms with van der Waals surface area (Å²) in [6, 6.07) is 17.6. The van der Waals surface area contributed by atoms with Crippen LogP contribution in [0.5, 0.6) is 0 Å². The lowest BCUT2D eigenvalue weighted by Crippen LogP contribution is -2.54. The molecule has 0 saturated heterocycles. The zero-order valence-electron chi connectivity index (χ0n) is 10.8. The maximum Gasteiger partial charge on any atom is 0.255 e. The normalized spacial score (nSPS) is 21.2. The standard InChI is InChI=1S/C16H16N2O/c1-2-16(12-8-4-3-5-9-12)17-14-11-7-6-10-13(14)15(19)18-16/h3-11,17H,2H2,1H3,(H,18,19)/t16-/m0/s1. The van der Waals surface area contributed by atoms with Crippen LogP contribution in [-0.4, -0.2) is 5.91 Å². The van der Waals surface area contributed by atoms with Gasteiger partial charge in [-0.05, 0) is 24.1 Å². The lowest BCUT2D eigenvalue weighted by Gasteiger charge is -2.40. The van der Waals surface area contributed by atoms with Crippen molar-refractivity contribution in [2.24, 2.45) is 0 Å². The van der Waals surface area contributed by atoms with Gasteiger partial charge in [0.25, 0.3) is 5.91 Å². The van der Waals surface area contributed by atoms with Crippen molar-refractivity contribution in [3.05, 3.63) is 65.7 Å². The van der Waals surface area contributed by atoms with E-state index >= 15 is 0 Å². The van der Waals surface area contributed by atoms with Crippen LogP contribution in [0.15, 0.2) is 54.6 Å². The van der Waals surface area contributed by atoms with Gasteiger partial charge in [0.05, 0.1) is 5.56 Å². The number of hydrogen-bond donors (Lipinski definition) is 2. The van der Waals surface area contributed by atoms with Gasteiger partial charge >= 0.3 is 0 Å². The highest BCUT2D eigenvalue weighted by Gasteiger charge is 2.37. The Balaban J connectivity index is 2.09. The number of amides is 1. The number of nitrogens with one attached hydrogen (secondary N) is 2. The van der Waals surface area contributed by atoms with Crippen molar-refractivity contribution in [1.29, 1.82) is 0 Å². The first-order valence-electron chi connectivity index (χ1n) is 6.50. The molecule has 1 aliphatic heterocycles. The van der Waals surface area contributed by atoms with E-state index in [1.807, 2.05) is 54.6 Å². The Morgan fingerprint density at radius 1 is 0.947 bits per heavy atom. The summed E-state index contributed by atoms with van der Waals surface area (Å²) in [5.74, 6) is -0.0277. The average molecular weight is 252 g/mol. The van der Waals surface area contributed by atoms with Crippen LogP contribution in [0.3, 0.4) is 0 Å². The minimum Gasteiger partial charge on any atom is -0.358 e. The molecule has 2 N–H and O–H groups in total. The van der Waals surface area contributed by atoms with Gasteiger partial charge in [0, 0.05) is 5.69 Å². The van der Waals surface area contributed by atoms with E-state index in [-0.39, 0.29) is 5.91 Å². The number of fused-ring (bicyclic) bond motifs is 1. The average Bonchev–Trinajstić information content (AvgIpc) is 2.48. The van der Waals surface area contributed by atoms with Gasteiger partial charge in [0.2, 0.25) is 0 Å². The van der Waals surface area contributed by atoms with Gasteiger partial charge < -0.3 is 10.6 Å². The Kier molecular flexibility index (Phi) is 2.75. The number of carbonyl (C=O) groups is 1. The van der Waals surface area contributed by atoms with E-state index in [1.54, 1.807) is 0 Å². The number of para-hydroxylation sites is 1. The van der Waals surface area contributed by atoms with Crippen LogP contribution in [0.1, 0.15) is 29.3 Å². The van der Waals surface area contributed by atoms with Gasteiger partial charge in [-0.2, -0.15) is 0 Å². The summed E-state index contributed by atoms with van der Waals surface area (Å²) < 4.78 is 0. The molecule has 2 aromatic carbocycles. The fraction of sp³-hybridized carbons (Fsp3) is 0.188. The summed E-state index contributed by atoms with van der Waals surface area (Å²) in [5, 5.41) is 6.58. The molecule has 2 aromatic rings. The smallest absolute Gasteiger partial charge is 0.255 e. The molecular formula is C16H16N2O. The van der Waals surface area contributed by atoms with E-state index < -0.39 is 5.66 Å². The van der Waals surface area contributed by atoms with E-state index in [2.05, 4.69) is 17.6 Å². The fourth-order valence-electron chi connectivity index (χ4n) is 2.56. The molecule has 0 spiro atoms. The van der Waals surface area contributed by atoms with Gasteiger partial charge in [-0.15, -0.1) is 0 Å². The summed E-state index contributed by atoms with van der Waals surface area (Å²) in [7, 11) is 0. The van der Waals surface area contributed by atoms with Crippen LogP contribution >= 0.6 is 0 Å².